The molecule has 0 aromatic carbocycles. The predicted octanol–water partition coefficient (Wildman–Crippen LogP) is 0.0209. The standard InChI is InChI=1S/C6H11NO2/c1-7-3-2-4-8-6-5(7)9-6/h5-6H,2-4H2,1H3. The van der Waals surface area contributed by atoms with Crippen molar-refractivity contribution in [2.45, 2.75) is 18.9 Å². The largest absolute Gasteiger partial charge is 0.349 e. The minimum absolute atomic E-state index is 0.0949. The second-order valence-corrected chi connectivity index (χ2v) is 2.60. The Morgan fingerprint density at radius 3 is 3.33 bits per heavy atom. The van der Waals surface area contributed by atoms with Crippen molar-refractivity contribution in [3.05, 3.63) is 0 Å². The second-order valence-electron chi connectivity index (χ2n) is 2.60. The van der Waals surface area contributed by atoms with Crippen LogP contribution in [-0.4, -0.2) is 37.6 Å². The Hall–Kier alpha value is -0.120. The lowest BCUT2D eigenvalue weighted by Gasteiger charge is -2.08. The lowest BCUT2D eigenvalue weighted by atomic mass is 10.4. The van der Waals surface area contributed by atoms with Crippen molar-refractivity contribution >= 4 is 0 Å². The molecule has 9 heavy (non-hydrogen) atoms. The molecule has 3 nitrogen and oxygen atoms in total. The van der Waals surface area contributed by atoms with Crippen LogP contribution in [-0.2, 0) is 9.47 Å². The fourth-order valence-corrected chi connectivity index (χ4v) is 1.17. The fraction of sp³-hybridized carbons (Fsp3) is 1.00. The highest BCUT2D eigenvalue weighted by Gasteiger charge is 2.44. The van der Waals surface area contributed by atoms with Gasteiger partial charge in [-0.1, -0.05) is 0 Å². The molecule has 3 heteroatoms. The molecular weight excluding hydrogens is 118 g/mol. The Labute approximate surface area is 54.5 Å². The first-order valence-electron chi connectivity index (χ1n) is 3.35. The van der Waals surface area contributed by atoms with Crippen molar-refractivity contribution in [3.63, 3.8) is 0 Å². The summed E-state index contributed by atoms with van der Waals surface area (Å²) in [6.07, 6.45) is 1.50. The first kappa shape index (κ1) is 5.65. The van der Waals surface area contributed by atoms with Crippen molar-refractivity contribution in [1.82, 2.24) is 4.90 Å². The number of likely N-dealkylation sites (N-methyl/N-ethyl adjacent to an activating group) is 1. The molecule has 2 saturated heterocycles. The van der Waals surface area contributed by atoms with E-state index in [0.717, 1.165) is 19.6 Å². The molecule has 0 amide bonds. The monoisotopic (exact) mass is 129 g/mol. The minimum atomic E-state index is 0.0949. The Bertz CT molecular complexity index is 118. The number of epoxide rings is 1. The molecule has 0 radical (unpaired) electrons. The maximum Gasteiger partial charge on any atom is 0.199 e. The van der Waals surface area contributed by atoms with Crippen LogP contribution in [0.15, 0.2) is 0 Å². The highest BCUT2D eigenvalue weighted by atomic mass is 16.8. The van der Waals surface area contributed by atoms with Gasteiger partial charge in [-0.3, -0.25) is 4.90 Å². The van der Waals surface area contributed by atoms with Crippen molar-refractivity contribution in [3.8, 4) is 0 Å². The summed E-state index contributed by atoms with van der Waals surface area (Å²) in [4.78, 5) is 2.19. The Kier molecular flexibility index (Phi) is 1.22. The maximum atomic E-state index is 5.28. The van der Waals surface area contributed by atoms with Gasteiger partial charge in [-0.15, -0.1) is 0 Å². The zero-order valence-corrected chi connectivity index (χ0v) is 5.54. The molecule has 0 aliphatic carbocycles. The van der Waals surface area contributed by atoms with Gasteiger partial charge in [0.2, 0.25) is 0 Å². The molecule has 0 N–H and O–H groups in total. The molecule has 0 bridgehead atoms. The lowest BCUT2D eigenvalue weighted by molar-refractivity contribution is 0.0459. The van der Waals surface area contributed by atoms with Gasteiger partial charge >= 0.3 is 0 Å². The van der Waals surface area contributed by atoms with Gasteiger partial charge in [-0.25, -0.2) is 0 Å². The number of nitrogens with zero attached hydrogens (tertiary/aromatic N) is 1. The number of fused-ring (bicyclic) bond motifs is 1. The molecule has 0 spiro atoms. The topological polar surface area (TPSA) is 25.0 Å². The summed E-state index contributed by atoms with van der Waals surface area (Å²) in [7, 11) is 2.07. The molecule has 0 aromatic rings. The van der Waals surface area contributed by atoms with Crippen LogP contribution in [0.1, 0.15) is 6.42 Å². The normalized spacial score (nSPS) is 43.7. The SMILES string of the molecule is CN1CCCOC2OC21. The van der Waals surface area contributed by atoms with Crippen molar-refractivity contribution in [2.24, 2.45) is 0 Å². The molecule has 2 heterocycles. The van der Waals surface area contributed by atoms with Gasteiger partial charge in [0.15, 0.2) is 12.5 Å². The van der Waals surface area contributed by atoms with E-state index >= 15 is 0 Å². The summed E-state index contributed by atoms with van der Waals surface area (Å²) in [5.41, 5.74) is 0. The van der Waals surface area contributed by atoms with Gasteiger partial charge in [0.1, 0.15) is 0 Å². The highest BCUT2D eigenvalue weighted by Crippen LogP contribution is 2.28. The summed E-state index contributed by atoms with van der Waals surface area (Å²) in [5, 5.41) is 0. The summed E-state index contributed by atoms with van der Waals surface area (Å²) in [5.74, 6) is 0. The van der Waals surface area contributed by atoms with E-state index in [2.05, 4.69) is 11.9 Å². The van der Waals surface area contributed by atoms with Crippen LogP contribution >= 0.6 is 0 Å². The van der Waals surface area contributed by atoms with Gasteiger partial charge in [0.25, 0.3) is 0 Å². The third kappa shape index (κ3) is 0.956. The zero-order chi connectivity index (χ0) is 6.27. The van der Waals surface area contributed by atoms with Crippen LogP contribution < -0.4 is 0 Å². The molecule has 2 aliphatic rings. The van der Waals surface area contributed by atoms with Crippen LogP contribution in [0.4, 0.5) is 0 Å². The number of hydrogen-bond donors (Lipinski definition) is 0. The first-order valence-corrected chi connectivity index (χ1v) is 3.35. The molecule has 2 fully saturated rings. The summed E-state index contributed by atoms with van der Waals surface area (Å²) < 4.78 is 10.5. The van der Waals surface area contributed by atoms with E-state index in [1.807, 2.05) is 0 Å². The number of ether oxygens (including phenoxy) is 2. The van der Waals surface area contributed by atoms with Crippen LogP contribution in [0.2, 0.25) is 0 Å². The average Bonchev–Trinajstić information content (AvgIpc) is 2.55. The van der Waals surface area contributed by atoms with Crippen molar-refractivity contribution < 1.29 is 9.47 Å². The van der Waals surface area contributed by atoms with E-state index in [1.54, 1.807) is 0 Å². The molecule has 2 unspecified atom stereocenters. The smallest absolute Gasteiger partial charge is 0.199 e. The summed E-state index contributed by atoms with van der Waals surface area (Å²) in [6, 6.07) is 0. The van der Waals surface area contributed by atoms with Gasteiger partial charge in [0, 0.05) is 6.54 Å². The van der Waals surface area contributed by atoms with Crippen molar-refractivity contribution in [2.75, 3.05) is 20.2 Å². The minimum Gasteiger partial charge on any atom is -0.349 e. The quantitative estimate of drug-likeness (QED) is 0.431. The zero-order valence-electron chi connectivity index (χ0n) is 5.54. The number of hydrogen-bond acceptors (Lipinski definition) is 3. The first-order chi connectivity index (χ1) is 4.38. The van der Waals surface area contributed by atoms with Gasteiger partial charge in [-0.05, 0) is 13.5 Å². The van der Waals surface area contributed by atoms with E-state index < -0.39 is 0 Å². The molecule has 2 aliphatic heterocycles. The molecule has 0 aromatic heterocycles. The van der Waals surface area contributed by atoms with Crippen LogP contribution in [0.5, 0.6) is 0 Å². The van der Waals surface area contributed by atoms with E-state index in [4.69, 9.17) is 9.47 Å². The highest BCUT2D eigenvalue weighted by molar-refractivity contribution is 4.78. The molecule has 2 atom stereocenters. The van der Waals surface area contributed by atoms with Crippen LogP contribution in [0.25, 0.3) is 0 Å². The Balaban J connectivity index is 1.96. The number of rotatable bonds is 0. The third-order valence-electron chi connectivity index (χ3n) is 1.80. The molecular formula is C6H11NO2. The predicted molar refractivity (Wildman–Crippen MR) is 31.9 cm³/mol. The molecule has 0 saturated carbocycles. The summed E-state index contributed by atoms with van der Waals surface area (Å²) in [6.45, 7) is 1.95. The summed E-state index contributed by atoms with van der Waals surface area (Å²) >= 11 is 0. The van der Waals surface area contributed by atoms with E-state index in [-0.39, 0.29) is 12.5 Å². The van der Waals surface area contributed by atoms with Crippen LogP contribution in [0.3, 0.4) is 0 Å². The van der Waals surface area contributed by atoms with Crippen LogP contribution in [0, 0.1) is 0 Å². The Morgan fingerprint density at radius 2 is 2.44 bits per heavy atom. The average molecular weight is 129 g/mol. The second kappa shape index (κ2) is 1.94. The maximum absolute atomic E-state index is 5.28. The van der Waals surface area contributed by atoms with Gasteiger partial charge < -0.3 is 9.47 Å². The van der Waals surface area contributed by atoms with Gasteiger partial charge in [-0.2, -0.15) is 0 Å². The van der Waals surface area contributed by atoms with E-state index in [1.165, 1.54) is 0 Å². The third-order valence-corrected chi connectivity index (χ3v) is 1.80. The fourth-order valence-electron chi connectivity index (χ4n) is 1.17. The van der Waals surface area contributed by atoms with E-state index in [0.29, 0.717) is 0 Å². The lowest BCUT2D eigenvalue weighted by Crippen LogP contribution is -2.22. The molecule has 52 valence electrons. The Morgan fingerprint density at radius 1 is 1.56 bits per heavy atom. The van der Waals surface area contributed by atoms with E-state index in [9.17, 15) is 0 Å². The molecule has 2 rings (SSSR count). The van der Waals surface area contributed by atoms with Crippen molar-refractivity contribution in [1.29, 1.82) is 0 Å². The van der Waals surface area contributed by atoms with Gasteiger partial charge in [0.05, 0.1) is 6.61 Å².